The Balaban J connectivity index is 1.37. The van der Waals surface area contributed by atoms with Gasteiger partial charge in [0.05, 0.1) is 11.6 Å². The van der Waals surface area contributed by atoms with Gasteiger partial charge in [-0.3, -0.25) is 9.59 Å². The van der Waals surface area contributed by atoms with E-state index in [1.165, 1.54) is 11.6 Å². The van der Waals surface area contributed by atoms with Gasteiger partial charge < -0.3 is 14.7 Å². The van der Waals surface area contributed by atoms with Crippen LogP contribution in [-0.2, 0) is 9.59 Å². The molecule has 4 rings (SSSR count). The third kappa shape index (κ3) is 4.04. The lowest BCUT2D eigenvalue weighted by atomic mass is 10.0. The third-order valence-corrected chi connectivity index (χ3v) is 6.13. The van der Waals surface area contributed by atoms with E-state index in [1.807, 2.05) is 40.1 Å². The smallest absolute Gasteiger partial charge is 0.228 e. The number of para-hydroxylation sites is 1. The van der Waals surface area contributed by atoms with Crippen molar-refractivity contribution in [2.24, 2.45) is 5.92 Å². The number of carbonyl (C=O) groups excluding carboxylic acids is 2. The second-order valence-electron chi connectivity index (χ2n) is 8.42. The molecular weight excluding hydrogens is 381 g/mol. The molecule has 2 aliphatic heterocycles. The molecule has 2 aromatic rings. The summed E-state index contributed by atoms with van der Waals surface area (Å²) < 4.78 is 14.0. The highest BCUT2D eigenvalue weighted by Crippen LogP contribution is 2.28. The van der Waals surface area contributed by atoms with Crippen LogP contribution in [0.5, 0.6) is 0 Å². The van der Waals surface area contributed by atoms with Crippen LogP contribution in [0.4, 0.5) is 15.8 Å². The van der Waals surface area contributed by atoms with Crippen molar-refractivity contribution in [2.75, 3.05) is 42.5 Å². The molecule has 5 nitrogen and oxygen atoms in total. The number of anilines is 2. The molecule has 0 radical (unpaired) electrons. The standard InChI is InChI=1S/C24H28FN3O2/c1-17(2)18-7-9-20(10-8-18)28-16-19(15-23(28)29)24(30)27-13-11-26(12-14-27)22-6-4-3-5-21(22)25/h3-10,17,19H,11-16H2,1-2H3. The highest BCUT2D eigenvalue weighted by atomic mass is 19.1. The summed E-state index contributed by atoms with van der Waals surface area (Å²) in [6, 6.07) is 14.7. The summed E-state index contributed by atoms with van der Waals surface area (Å²) >= 11 is 0. The molecule has 1 atom stereocenters. The summed E-state index contributed by atoms with van der Waals surface area (Å²) in [7, 11) is 0. The molecule has 2 aliphatic rings. The summed E-state index contributed by atoms with van der Waals surface area (Å²) in [4.78, 5) is 31.1. The Bertz CT molecular complexity index is 920. The number of hydrogen-bond donors (Lipinski definition) is 0. The fourth-order valence-corrected chi connectivity index (χ4v) is 4.30. The van der Waals surface area contributed by atoms with Crippen LogP contribution in [0.15, 0.2) is 48.5 Å². The molecule has 2 aromatic carbocycles. The highest BCUT2D eigenvalue weighted by Gasteiger charge is 2.38. The predicted molar refractivity (Wildman–Crippen MR) is 116 cm³/mol. The first kappa shape index (κ1) is 20.4. The average Bonchev–Trinajstić information content (AvgIpc) is 3.15. The van der Waals surface area contributed by atoms with E-state index >= 15 is 0 Å². The van der Waals surface area contributed by atoms with E-state index in [4.69, 9.17) is 0 Å². The zero-order valence-electron chi connectivity index (χ0n) is 17.6. The lowest BCUT2D eigenvalue weighted by Crippen LogP contribution is -2.51. The second-order valence-corrected chi connectivity index (χ2v) is 8.42. The summed E-state index contributed by atoms with van der Waals surface area (Å²) in [6.45, 7) is 6.96. The van der Waals surface area contributed by atoms with Gasteiger partial charge in [-0.05, 0) is 35.7 Å². The van der Waals surface area contributed by atoms with Gasteiger partial charge in [0.25, 0.3) is 0 Å². The van der Waals surface area contributed by atoms with E-state index in [9.17, 15) is 14.0 Å². The zero-order valence-corrected chi connectivity index (χ0v) is 17.6. The van der Waals surface area contributed by atoms with Gasteiger partial charge in [0, 0.05) is 44.8 Å². The minimum Gasteiger partial charge on any atom is -0.366 e. The Morgan fingerprint density at radius 1 is 1.00 bits per heavy atom. The van der Waals surface area contributed by atoms with Crippen molar-refractivity contribution >= 4 is 23.2 Å². The minimum atomic E-state index is -0.317. The summed E-state index contributed by atoms with van der Waals surface area (Å²) in [5.41, 5.74) is 2.66. The summed E-state index contributed by atoms with van der Waals surface area (Å²) in [5.74, 6) is -0.0979. The topological polar surface area (TPSA) is 43.9 Å². The molecule has 2 heterocycles. The van der Waals surface area contributed by atoms with Crippen LogP contribution in [-0.4, -0.2) is 49.4 Å². The molecule has 2 amide bonds. The molecule has 0 N–H and O–H groups in total. The van der Waals surface area contributed by atoms with Crippen molar-refractivity contribution in [3.63, 3.8) is 0 Å². The Morgan fingerprint density at radius 3 is 2.30 bits per heavy atom. The number of halogens is 1. The van der Waals surface area contributed by atoms with Crippen molar-refractivity contribution in [3.05, 3.63) is 59.9 Å². The number of nitrogens with zero attached hydrogens (tertiary/aromatic N) is 3. The molecule has 0 aliphatic carbocycles. The quantitative estimate of drug-likeness (QED) is 0.774. The largest absolute Gasteiger partial charge is 0.366 e. The summed E-state index contributed by atoms with van der Waals surface area (Å²) in [5, 5.41) is 0. The van der Waals surface area contributed by atoms with E-state index in [0.29, 0.717) is 44.3 Å². The Hall–Kier alpha value is -2.89. The van der Waals surface area contributed by atoms with Gasteiger partial charge in [-0.1, -0.05) is 38.1 Å². The molecule has 6 heteroatoms. The molecule has 30 heavy (non-hydrogen) atoms. The van der Waals surface area contributed by atoms with Gasteiger partial charge in [-0.25, -0.2) is 4.39 Å². The van der Waals surface area contributed by atoms with Gasteiger partial charge in [0.1, 0.15) is 5.82 Å². The van der Waals surface area contributed by atoms with Crippen LogP contribution in [0.25, 0.3) is 0 Å². The highest BCUT2D eigenvalue weighted by molar-refractivity contribution is 6.00. The van der Waals surface area contributed by atoms with E-state index in [2.05, 4.69) is 13.8 Å². The lowest BCUT2D eigenvalue weighted by molar-refractivity contribution is -0.136. The SMILES string of the molecule is CC(C)c1ccc(N2CC(C(=O)N3CCN(c4ccccc4F)CC3)CC2=O)cc1. The number of hydrogen-bond acceptors (Lipinski definition) is 3. The third-order valence-electron chi connectivity index (χ3n) is 6.13. The van der Waals surface area contributed by atoms with Gasteiger partial charge in [-0.2, -0.15) is 0 Å². The number of amides is 2. The number of rotatable bonds is 4. The van der Waals surface area contributed by atoms with E-state index in [0.717, 1.165) is 5.69 Å². The number of carbonyl (C=O) groups is 2. The molecular formula is C24H28FN3O2. The Kier molecular flexibility index (Phi) is 5.75. The molecule has 0 spiro atoms. The molecule has 0 saturated carbocycles. The number of benzene rings is 2. The minimum absolute atomic E-state index is 0.00404. The fraction of sp³-hybridized carbons (Fsp3) is 0.417. The molecule has 0 bridgehead atoms. The first-order valence-electron chi connectivity index (χ1n) is 10.6. The van der Waals surface area contributed by atoms with Crippen LogP contribution in [0.3, 0.4) is 0 Å². The maximum atomic E-state index is 14.0. The first-order valence-corrected chi connectivity index (χ1v) is 10.6. The molecule has 2 saturated heterocycles. The predicted octanol–water partition coefficient (Wildman–Crippen LogP) is 3.65. The van der Waals surface area contributed by atoms with Crippen molar-refractivity contribution in [1.29, 1.82) is 0 Å². The van der Waals surface area contributed by atoms with Crippen molar-refractivity contribution < 1.29 is 14.0 Å². The number of piperazine rings is 1. The molecule has 0 aromatic heterocycles. The Morgan fingerprint density at radius 2 is 1.67 bits per heavy atom. The molecule has 1 unspecified atom stereocenters. The van der Waals surface area contributed by atoms with Crippen molar-refractivity contribution in [1.82, 2.24) is 4.90 Å². The fourth-order valence-electron chi connectivity index (χ4n) is 4.30. The van der Waals surface area contributed by atoms with E-state index < -0.39 is 0 Å². The van der Waals surface area contributed by atoms with E-state index in [1.54, 1.807) is 17.0 Å². The van der Waals surface area contributed by atoms with Crippen LogP contribution in [0, 0.1) is 11.7 Å². The van der Waals surface area contributed by atoms with E-state index in [-0.39, 0.29) is 30.0 Å². The monoisotopic (exact) mass is 409 g/mol. The Labute approximate surface area is 177 Å². The normalized spacial score (nSPS) is 19.7. The lowest BCUT2D eigenvalue weighted by Gasteiger charge is -2.37. The van der Waals surface area contributed by atoms with Crippen LogP contribution in [0.1, 0.15) is 31.7 Å². The van der Waals surface area contributed by atoms with Crippen LogP contribution in [0.2, 0.25) is 0 Å². The average molecular weight is 410 g/mol. The maximum absolute atomic E-state index is 14.0. The van der Waals surface area contributed by atoms with Gasteiger partial charge in [0.15, 0.2) is 0 Å². The van der Waals surface area contributed by atoms with Crippen LogP contribution >= 0.6 is 0 Å². The maximum Gasteiger partial charge on any atom is 0.228 e. The van der Waals surface area contributed by atoms with Gasteiger partial charge >= 0.3 is 0 Å². The summed E-state index contributed by atoms with van der Waals surface area (Å²) in [6.07, 6.45) is 0.248. The van der Waals surface area contributed by atoms with Crippen molar-refractivity contribution in [3.8, 4) is 0 Å². The van der Waals surface area contributed by atoms with Gasteiger partial charge in [-0.15, -0.1) is 0 Å². The second kappa shape index (κ2) is 8.46. The first-order chi connectivity index (χ1) is 14.4. The van der Waals surface area contributed by atoms with Gasteiger partial charge in [0.2, 0.25) is 11.8 Å². The molecule has 2 fully saturated rings. The van der Waals surface area contributed by atoms with Crippen LogP contribution < -0.4 is 9.80 Å². The van der Waals surface area contributed by atoms with Crippen molar-refractivity contribution in [2.45, 2.75) is 26.2 Å². The molecule has 158 valence electrons. The zero-order chi connectivity index (χ0) is 21.3.